The highest BCUT2D eigenvalue weighted by atomic mass is 32.2. The van der Waals surface area contributed by atoms with Crippen molar-refractivity contribution in [1.29, 1.82) is 0 Å². The SMILES string of the molecule is CSCCCNS(=O)(=O)c1ccc(C#CCN)c(C)c1. The minimum atomic E-state index is -3.43. The van der Waals surface area contributed by atoms with Crippen molar-refractivity contribution >= 4 is 21.8 Å². The molecule has 0 aliphatic heterocycles. The number of sulfonamides is 1. The average Bonchev–Trinajstić information content (AvgIpc) is 2.42. The van der Waals surface area contributed by atoms with Crippen LogP contribution in [0, 0.1) is 18.8 Å². The second-order valence-electron chi connectivity index (χ2n) is 4.23. The summed E-state index contributed by atoms with van der Waals surface area (Å²) in [5, 5.41) is 0. The van der Waals surface area contributed by atoms with Crippen molar-refractivity contribution in [2.45, 2.75) is 18.2 Å². The van der Waals surface area contributed by atoms with E-state index in [4.69, 9.17) is 5.73 Å². The predicted molar refractivity (Wildman–Crippen MR) is 85.3 cm³/mol. The van der Waals surface area contributed by atoms with Crippen molar-refractivity contribution in [2.24, 2.45) is 5.73 Å². The van der Waals surface area contributed by atoms with Gasteiger partial charge in [0.1, 0.15) is 0 Å². The van der Waals surface area contributed by atoms with Gasteiger partial charge in [0.25, 0.3) is 0 Å². The van der Waals surface area contributed by atoms with E-state index in [1.54, 1.807) is 30.0 Å². The number of hydrogen-bond donors (Lipinski definition) is 2. The molecule has 110 valence electrons. The van der Waals surface area contributed by atoms with Crippen LogP contribution in [0.4, 0.5) is 0 Å². The molecule has 1 aromatic carbocycles. The Labute approximate surface area is 125 Å². The maximum Gasteiger partial charge on any atom is 0.240 e. The smallest absolute Gasteiger partial charge is 0.240 e. The molecule has 0 atom stereocenters. The van der Waals surface area contributed by atoms with E-state index in [1.165, 1.54) is 0 Å². The number of nitrogens with one attached hydrogen (secondary N) is 1. The molecule has 6 heteroatoms. The largest absolute Gasteiger partial charge is 0.320 e. The van der Waals surface area contributed by atoms with Gasteiger partial charge in [-0.3, -0.25) is 0 Å². The van der Waals surface area contributed by atoms with Gasteiger partial charge in [0, 0.05) is 12.1 Å². The maximum absolute atomic E-state index is 12.1. The highest BCUT2D eigenvalue weighted by Gasteiger charge is 2.13. The monoisotopic (exact) mass is 312 g/mol. The topological polar surface area (TPSA) is 72.2 Å². The van der Waals surface area contributed by atoms with Crippen LogP contribution in [0.2, 0.25) is 0 Å². The Morgan fingerprint density at radius 1 is 1.40 bits per heavy atom. The van der Waals surface area contributed by atoms with Crippen LogP contribution < -0.4 is 10.5 Å². The molecule has 0 aliphatic carbocycles. The van der Waals surface area contributed by atoms with Crippen LogP contribution in [0.25, 0.3) is 0 Å². The van der Waals surface area contributed by atoms with E-state index in [0.29, 0.717) is 6.54 Å². The molecule has 0 aliphatic rings. The first-order valence-electron chi connectivity index (χ1n) is 6.29. The van der Waals surface area contributed by atoms with Gasteiger partial charge in [-0.25, -0.2) is 13.1 Å². The first-order chi connectivity index (χ1) is 9.51. The Morgan fingerprint density at radius 3 is 2.75 bits per heavy atom. The summed E-state index contributed by atoms with van der Waals surface area (Å²) < 4.78 is 26.8. The third-order valence-electron chi connectivity index (χ3n) is 2.65. The van der Waals surface area contributed by atoms with Gasteiger partial charge in [0.15, 0.2) is 0 Å². The van der Waals surface area contributed by atoms with Gasteiger partial charge < -0.3 is 5.73 Å². The highest BCUT2D eigenvalue weighted by Crippen LogP contribution is 2.14. The van der Waals surface area contributed by atoms with Gasteiger partial charge in [0.2, 0.25) is 10.0 Å². The Hall–Kier alpha value is -1.00. The molecule has 0 fully saturated rings. The van der Waals surface area contributed by atoms with E-state index >= 15 is 0 Å². The van der Waals surface area contributed by atoms with Crippen molar-refractivity contribution in [2.75, 3.05) is 25.1 Å². The third kappa shape index (κ3) is 5.17. The standard InChI is InChI=1S/C14H20N2O2S2/c1-12-11-14(7-6-13(12)5-3-8-15)20(17,18)16-9-4-10-19-2/h6-7,11,16H,4,8-10,15H2,1-2H3. The lowest BCUT2D eigenvalue weighted by Crippen LogP contribution is -2.25. The van der Waals surface area contributed by atoms with Crippen LogP contribution in [-0.4, -0.2) is 33.5 Å². The van der Waals surface area contributed by atoms with Gasteiger partial charge in [-0.05, 0) is 49.1 Å². The second kappa shape index (κ2) is 8.32. The van der Waals surface area contributed by atoms with Crippen LogP contribution in [0.5, 0.6) is 0 Å². The summed E-state index contributed by atoms with van der Waals surface area (Å²) in [7, 11) is -3.43. The van der Waals surface area contributed by atoms with Gasteiger partial charge in [-0.15, -0.1) is 0 Å². The molecule has 4 nitrogen and oxygen atoms in total. The summed E-state index contributed by atoms with van der Waals surface area (Å²) in [5.74, 6) is 6.62. The fourth-order valence-electron chi connectivity index (χ4n) is 1.60. The normalized spacial score (nSPS) is 10.9. The lowest BCUT2D eigenvalue weighted by molar-refractivity contribution is 0.581. The van der Waals surface area contributed by atoms with Gasteiger partial charge in [-0.2, -0.15) is 11.8 Å². The summed E-state index contributed by atoms with van der Waals surface area (Å²) in [6.07, 6.45) is 2.82. The third-order valence-corrected chi connectivity index (χ3v) is 4.81. The van der Waals surface area contributed by atoms with E-state index in [-0.39, 0.29) is 11.4 Å². The zero-order valence-electron chi connectivity index (χ0n) is 11.8. The summed E-state index contributed by atoms with van der Waals surface area (Å²) in [5.41, 5.74) is 6.96. The van der Waals surface area contributed by atoms with E-state index in [0.717, 1.165) is 23.3 Å². The van der Waals surface area contributed by atoms with Crippen LogP contribution in [0.1, 0.15) is 17.5 Å². The Bertz CT molecular complexity index is 601. The summed E-state index contributed by atoms with van der Waals surface area (Å²) >= 11 is 1.70. The van der Waals surface area contributed by atoms with E-state index in [9.17, 15) is 8.42 Å². The van der Waals surface area contributed by atoms with Crippen molar-refractivity contribution in [3.8, 4) is 11.8 Å². The fourth-order valence-corrected chi connectivity index (χ4v) is 3.19. The van der Waals surface area contributed by atoms with Crippen LogP contribution in [-0.2, 0) is 10.0 Å². The van der Waals surface area contributed by atoms with E-state index in [2.05, 4.69) is 16.6 Å². The van der Waals surface area contributed by atoms with Gasteiger partial charge >= 0.3 is 0 Å². The zero-order chi connectivity index (χ0) is 15.0. The molecule has 3 N–H and O–H groups in total. The van der Waals surface area contributed by atoms with E-state index in [1.807, 2.05) is 13.2 Å². The summed E-state index contributed by atoms with van der Waals surface area (Å²) in [6.45, 7) is 2.58. The number of nitrogens with two attached hydrogens (primary N) is 1. The molecule has 1 rings (SSSR count). The molecule has 0 radical (unpaired) electrons. The zero-order valence-corrected chi connectivity index (χ0v) is 13.4. The van der Waals surface area contributed by atoms with Crippen LogP contribution in [0.3, 0.4) is 0 Å². The molecule has 20 heavy (non-hydrogen) atoms. The Morgan fingerprint density at radius 2 is 2.15 bits per heavy atom. The molecule has 0 saturated carbocycles. The summed E-state index contributed by atoms with van der Waals surface area (Å²) in [6, 6.07) is 4.93. The Kier molecular flexibility index (Phi) is 7.10. The molecule has 0 spiro atoms. The van der Waals surface area contributed by atoms with Gasteiger partial charge in [-0.1, -0.05) is 11.8 Å². The molecule has 1 aromatic rings. The van der Waals surface area contributed by atoms with Crippen LogP contribution in [0.15, 0.2) is 23.1 Å². The number of rotatable bonds is 6. The molecule has 0 amide bonds. The minimum Gasteiger partial charge on any atom is -0.320 e. The maximum atomic E-state index is 12.1. The molecule has 0 bridgehead atoms. The molecular weight excluding hydrogens is 292 g/mol. The number of benzene rings is 1. The highest BCUT2D eigenvalue weighted by molar-refractivity contribution is 7.98. The molecule has 0 saturated heterocycles. The molecule has 0 unspecified atom stereocenters. The first kappa shape index (κ1) is 17.1. The second-order valence-corrected chi connectivity index (χ2v) is 6.98. The van der Waals surface area contributed by atoms with Crippen LogP contribution >= 0.6 is 11.8 Å². The Balaban J connectivity index is 2.83. The first-order valence-corrected chi connectivity index (χ1v) is 9.17. The molecular formula is C14H20N2O2S2. The van der Waals surface area contributed by atoms with Crippen molar-refractivity contribution in [3.63, 3.8) is 0 Å². The van der Waals surface area contributed by atoms with Crippen molar-refractivity contribution in [1.82, 2.24) is 4.72 Å². The summed E-state index contributed by atoms with van der Waals surface area (Å²) in [4.78, 5) is 0.275. The number of hydrogen-bond acceptors (Lipinski definition) is 4. The minimum absolute atomic E-state index is 0.275. The number of aryl methyl sites for hydroxylation is 1. The quantitative estimate of drug-likeness (QED) is 0.614. The lowest BCUT2D eigenvalue weighted by atomic mass is 10.1. The van der Waals surface area contributed by atoms with Crippen molar-refractivity contribution in [3.05, 3.63) is 29.3 Å². The van der Waals surface area contributed by atoms with Crippen molar-refractivity contribution < 1.29 is 8.42 Å². The fraction of sp³-hybridized carbons (Fsp3) is 0.429. The predicted octanol–water partition coefficient (Wildman–Crippen LogP) is 1.34. The lowest BCUT2D eigenvalue weighted by Gasteiger charge is -2.08. The molecule has 0 aromatic heterocycles. The average molecular weight is 312 g/mol. The van der Waals surface area contributed by atoms with Gasteiger partial charge in [0.05, 0.1) is 11.4 Å². The molecule has 0 heterocycles. The van der Waals surface area contributed by atoms with E-state index < -0.39 is 10.0 Å². The number of thioether (sulfide) groups is 1.